The fourth-order valence-corrected chi connectivity index (χ4v) is 2.05. The van der Waals surface area contributed by atoms with Gasteiger partial charge in [0.05, 0.1) is 11.6 Å². The summed E-state index contributed by atoms with van der Waals surface area (Å²) >= 11 is 0. The molecule has 3 rings (SSSR count). The predicted octanol–water partition coefficient (Wildman–Crippen LogP) is 2.12. The highest BCUT2D eigenvalue weighted by atomic mass is 19.1. The molecule has 0 radical (unpaired) electrons. The van der Waals surface area contributed by atoms with Crippen LogP contribution in [0.15, 0.2) is 22.7 Å². The number of aromatic nitrogens is 1. The molecule has 1 aliphatic heterocycles. The predicted molar refractivity (Wildman–Crippen MR) is 63.4 cm³/mol. The van der Waals surface area contributed by atoms with E-state index in [0.717, 1.165) is 0 Å². The average molecular weight is 247 g/mol. The van der Waals surface area contributed by atoms with Gasteiger partial charge in [0.1, 0.15) is 11.5 Å². The number of fused-ring (bicyclic) bond motifs is 1. The van der Waals surface area contributed by atoms with Crippen LogP contribution in [0.4, 0.5) is 16.0 Å². The Kier molecular flexibility index (Phi) is 2.13. The van der Waals surface area contributed by atoms with E-state index < -0.39 is 5.82 Å². The summed E-state index contributed by atoms with van der Waals surface area (Å²) in [6.45, 7) is 1.72. The van der Waals surface area contributed by atoms with Crippen molar-refractivity contribution in [1.29, 1.82) is 0 Å². The Balaban J connectivity index is 2.15. The molecule has 6 heteroatoms. The normalized spacial score (nSPS) is 17.7. The Labute approximate surface area is 102 Å². The SMILES string of the molecule is CC1C(=O)Nc2c(F)cc(-c3cc(N)on3)cc21. The van der Waals surface area contributed by atoms with Crippen molar-refractivity contribution < 1.29 is 13.7 Å². The quantitative estimate of drug-likeness (QED) is 0.808. The van der Waals surface area contributed by atoms with E-state index >= 15 is 0 Å². The van der Waals surface area contributed by atoms with E-state index in [4.69, 9.17) is 10.3 Å². The highest BCUT2D eigenvalue weighted by Gasteiger charge is 2.30. The fourth-order valence-electron chi connectivity index (χ4n) is 2.05. The van der Waals surface area contributed by atoms with Gasteiger partial charge in [-0.1, -0.05) is 5.16 Å². The molecule has 1 aromatic heterocycles. The second kappa shape index (κ2) is 3.56. The molecule has 0 spiro atoms. The largest absolute Gasteiger partial charge is 0.368 e. The van der Waals surface area contributed by atoms with Gasteiger partial charge >= 0.3 is 0 Å². The summed E-state index contributed by atoms with van der Waals surface area (Å²) in [5.74, 6) is -0.908. The fraction of sp³-hybridized carbons (Fsp3) is 0.167. The first-order valence-electron chi connectivity index (χ1n) is 5.43. The summed E-state index contributed by atoms with van der Waals surface area (Å²) < 4.78 is 18.6. The number of nitrogens with one attached hydrogen (secondary N) is 1. The van der Waals surface area contributed by atoms with Crippen LogP contribution >= 0.6 is 0 Å². The van der Waals surface area contributed by atoms with E-state index in [-0.39, 0.29) is 23.4 Å². The van der Waals surface area contributed by atoms with Crippen LogP contribution in [0.5, 0.6) is 0 Å². The second-order valence-electron chi connectivity index (χ2n) is 4.25. The van der Waals surface area contributed by atoms with E-state index in [0.29, 0.717) is 16.8 Å². The van der Waals surface area contributed by atoms with Gasteiger partial charge in [0.2, 0.25) is 11.8 Å². The molecule has 0 saturated heterocycles. The standard InChI is InChI=1S/C12H10FN3O2/c1-5-7-2-6(9-4-10(14)18-16-9)3-8(13)11(7)15-12(5)17/h2-5H,14H2,1H3,(H,15,17). The van der Waals surface area contributed by atoms with E-state index in [1.54, 1.807) is 13.0 Å². The van der Waals surface area contributed by atoms with Gasteiger partial charge in [-0.05, 0) is 24.6 Å². The molecule has 5 nitrogen and oxygen atoms in total. The molecule has 92 valence electrons. The molecule has 0 fully saturated rings. The molecule has 2 heterocycles. The Morgan fingerprint density at radius 2 is 2.22 bits per heavy atom. The molecule has 0 bridgehead atoms. The van der Waals surface area contributed by atoms with Crippen molar-refractivity contribution in [1.82, 2.24) is 5.16 Å². The topological polar surface area (TPSA) is 81.2 Å². The number of carbonyl (C=O) groups is 1. The minimum Gasteiger partial charge on any atom is -0.368 e. The van der Waals surface area contributed by atoms with Crippen LogP contribution < -0.4 is 11.1 Å². The first-order valence-corrected chi connectivity index (χ1v) is 5.43. The summed E-state index contributed by atoms with van der Waals surface area (Å²) in [4.78, 5) is 11.5. The van der Waals surface area contributed by atoms with Gasteiger partial charge in [-0.3, -0.25) is 4.79 Å². The van der Waals surface area contributed by atoms with E-state index in [1.807, 2.05) is 0 Å². The zero-order valence-corrected chi connectivity index (χ0v) is 9.53. The maximum Gasteiger partial charge on any atom is 0.231 e. The molecule has 1 amide bonds. The molecule has 1 aromatic carbocycles. The Hall–Kier alpha value is -2.37. The lowest BCUT2D eigenvalue weighted by atomic mass is 9.99. The van der Waals surface area contributed by atoms with Gasteiger partial charge in [-0.2, -0.15) is 0 Å². The van der Waals surface area contributed by atoms with Crippen LogP contribution in [0, 0.1) is 5.82 Å². The van der Waals surface area contributed by atoms with Gasteiger partial charge in [-0.25, -0.2) is 4.39 Å². The van der Waals surface area contributed by atoms with Crippen molar-refractivity contribution in [2.24, 2.45) is 0 Å². The minimum absolute atomic E-state index is 0.160. The number of halogens is 1. The third kappa shape index (κ3) is 1.46. The number of nitrogen functional groups attached to an aromatic ring is 1. The Bertz CT molecular complexity index is 651. The van der Waals surface area contributed by atoms with E-state index in [9.17, 15) is 9.18 Å². The smallest absolute Gasteiger partial charge is 0.231 e. The number of hydrogen-bond acceptors (Lipinski definition) is 4. The van der Waals surface area contributed by atoms with Gasteiger partial charge in [0.15, 0.2) is 0 Å². The monoisotopic (exact) mass is 247 g/mol. The van der Waals surface area contributed by atoms with Crippen molar-refractivity contribution >= 4 is 17.5 Å². The third-order valence-electron chi connectivity index (χ3n) is 3.05. The molecule has 0 aliphatic carbocycles. The molecule has 2 aromatic rings. The highest BCUT2D eigenvalue weighted by molar-refractivity contribution is 6.03. The van der Waals surface area contributed by atoms with Crippen molar-refractivity contribution in [2.75, 3.05) is 11.1 Å². The van der Waals surface area contributed by atoms with Crippen LogP contribution in [-0.4, -0.2) is 11.1 Å². The molecule has 3 N–H and O–H groups in total. The number of anilines is 2. The molecule has 1 unspecified atom stereocenters. The maximum absolute atomic E-state index is 13.9. The lowest BCUT2D eigenvalue weighted by Gasteiger charge is -2.05. The minimum atomic E-state index is -0.484. The summed E-state index contributed by atoms with van der Waals surface area (Å²) in [7, 11) is 0. The van der Waals surface area contributed by atoms with Crippen molar-refractivity contribution in [2.45, 2.75) is 12.8 Å². The molecular formula is C12H10FN3O2. The lowest BCUT2D eigenvalue weighted by molar-refractivity contribution is -0.116. The number of hydrogen-bond donors (Lipinski definition) is 2. The molecule has 18 heavy (non-hydrogen) atoms. The first-order chi connectivity index (χ1) is 8.56. The molecule has 1 atom stereocenters. The zero-order valence-electron chi connectivity index (χ0n) is 9.53. The maximum atomic E-state index is 13.9. The van der Waals surface area contributed by atoms with Gasteiger partial charge in [0.25, 0.3) is 0 Å². The number of benzene rings is 1. The van der Waals surface area contributed by atoms with Gasteiger partial charge in [-0.15, -0.1) is 0 Å². The molecule has 0 saturated carbocycles. The van der Waals surface area contributed by atoms with E-state index in [1.165, 1.54) is 12.1 Å². The van der Waals surface area contributed by atoms with E-state index in [2.05, 4.69) is 10.5 Å². The number of rotatable bonds is 1. The second-order valence-corrected chi connectivity index (χ2v) is 4.25. The van der Waals surface area contributed by atoms with Crippen LogP contribution in [0.3, 0.4) is 0 Å². The van der Waals surface area contributed by atoms with Crippen molar-refractivity contribution in [3.63, 3.8) is 0 Å². The zero-order chi connectivity index (χ0) is 12.9. The van der Waals surface area contributed by atoms with Crippen LogP contribution in [0.1, 0.15) is 18.4 Å². The number of carbonyl (C=O) groups excluding carboxylic acids is 1. The van der Waals surface area contributed by atoms with Crippen LogP contribution in [0.2, 0.25) is 0 Å². The van der Waals surface area contributed by atoms with Crippen LogP contribution in [-0.2, 0) is 4.79 Å². The number of nitrogens with two attached hydrogens (primary N) is 1. The lowest BCUT2D eigenvalue weighted by Crippen LogP contribution is -2.08. The summed E-state index contributed by atoms with van der Waals surface area (Å²) in [5.41, 5.74) is 7.27. The molecule has 1 aliphatic rings. The van der Waals surface area contributed by atoms with Gasteiger partial charge in [0, 0.05) is 11.6 Å². The Morgan fingerprint density at radius 1 is 1.44 bits per heavy atom. The van der Waals surface area contributed by atoms with Gasteiger partial charge < -0.3 is 15.6 Å². The highest BCUT2D eigenvalue weighted by Crippen LogP contribution is 2.37. The van der Waals surface area contributed by atoms with Crippen molar-refractivity contribution in [3.8, 4) is 11.3 Å². The Morgan fingerprint density at radius 3 is 2.89 bits per heavy atom. The summed E-state index contributed by atoms with van der Waals surface area (Å²) in [5, 5.41) is 6.24. The summed E-state index contributed by atoms with van der Waals surface area (Å²) in [6, 6.07) is 4.53. The number of nitrogens with zero attached hydrogens (tertiary/aromatic N) is 1. The number of amides is 1. The average Bonchev–Trinajstić information content (AvgIpc) is 2.87. The third-order valence-corrected chi connectivity index (χ3v) is 3.05. The first kappa shape index (κ1) is 10.8. The summed E-state index contributed by atoms with van der Waals surface area (Å²) in [6.07, 6.45) is 0. The van der Waals surface area contributed by atoms with Crippen molar-refractivity contribution in [3.05, 3.63) is 29.6 Å². The molecular weight excluding hydrogens is 237 g/mol. The van der Waals surface area contributed by atoms with Crippen LogP contribution in [0.25, 0.3) is 11.3 Å².